The predicted molar refractivity (Wildman–Crippen MR) is 137 cm³/mol. The van der Waals surface area contributed by atoms with Crippen molar-refractivity contribution >= 4 is 22.9 Å². The Hall–Kier alpha value is -2.89. The average molecular weight is 458 g/mol. The van der Waals surface area contributed by atoms with Gasteiger partial charge < -0.3 is 4.98 Å². The van der Waals surface area contributed by atoms with Gasteiger partial charge in [-0.3, -0.25) is 14.9 Å². The number of hydrogen-bond donors (Lipinski definition) is 3. The van der Waals surface area contributed by atoms with Gasteiger partial charge in [-0.1, -0.05) is 55.7 Å². The Morgan fingerprint density at radius 1 is 1.12 bits per heavy atom. The van der Waals surface area contributed by atoms with E-state index in [-0.39, 0.29) is 0 Å². The van der Waals surface area contributed by atoms with E-state index < -0.39 is 5.91 Å². The Morgan fingerprint density at radius 2 is 1.97 bits per heavy atom. The zero-order valence-electron chi connectivity index (χ0n) is 19.8. The molecular formula is C29H35N3O2. The van der Waals surface area contributed by atoms with Crippen LogP contribution < -0.4 is 5.48 Å². The normalized spacial score (nSPS) is 18.7. The molecule has 2 aromatic carbocycles. The first-order valence-electron chi connectivity index (χ1n) is 12.8. The van der Waals surface area contributed by atoms with E-state index in [0.29, 0.717) is 6.04 Å². The third kappa shape index (κ3) is 5.11. The molecule has 3 aromatic rings. The highest BCUT2D eigenvalue weighted by molar-refractivity contribution is 5.90. The molecule has 1 unspecified atom stereocenters. The summed E-state index contributed by atoms with van der Waals surface area (Å²) in [6, 6.07) is 15.6. The number of para-hydroxylation sites is 1. The largest absolute Gasteiger partial charge is 0.361 e. The molecule has 5 rings (SSSR count). The third-order valence-corrected chi connectivity index (χ3v) is 7.75. The second-order valence-corrected chi connectivity index (χ2v) is 9.93. The number of aromatic nitrogens is 1. The van der Waals surface area contributed by atoms with Crippen LogP contribution in [0.25, 0.3) is 17.0 Å². The minimum atomic E-state index is -0.505. The number of rotatable bonds is 8. The molecule has 3 N–H and O–H groups in total. The van der Waals surface area contributed by atoms with Crippen molar-refractivity contribution in [2.24, 2.45) is 5.92 Å². The van der Waals surface area contributed by atoms with Gasteiger partial charge >= 0.3 is 0 Å². The van der Waals surface area contributed by atoms with Crippen molar-refractivity contribution < 1.29 is 10.0 Å². The van der Waals surface area contributed by atoms with E-state index >= 15 is 0 Å². The second kappa shape index (κ2) is 10.6. The van der Waals surface area contributed by atoms with Crippen molar-refractivity contribution in [3.05, 3.63) is 77.0 Å². The fraction of sp³-hybridized carbons (Fsp3) is 0.414. The van der Waals surface area contributed by atoms with E-state index in [0.717, 1.165) is 37.3 Å². The van der Waals surface area contributed by atoms with Gasteiger partial charge in [0.2, 0.25) is 0 Å². The van der Waals surface area contributed by atoms with Gasteiger partial charge in [-0.25, -0.2) is 5.48 Å². The van der Waals surface area contributed by atoms with E-state index in [1.54, 1.807) is 11.6 Å². The Labute approximate surface area is 201 Å². The van der Waals surface area contributed by atoms with Crippen LogP contribution in [0.1, 0.15) is 66.8 Å². The molecule has 1 fully saturated rings. The van der Waals surface area contributed by atoms with Crippen molar-refractivity contribution in [3.8, 4) is 0 Å². The molecule has 1 aromatic heterocycles. The number of carbonyl (C=O) groups excluding carboxylic acids is 1. The minimum absolute atomic E-state index is 0.459. The highest BCUT2D eigenvalue weighted by Crippen LogP contribution is 2.38. The first-order valence-corrected chi connectivity index (χ1v) is 12.8. The van der Waals surface area contributed by atoms with Crippen LogP contribution in [0.15, 0.2) is 54.7 Å². The summed E-state index contributed by atoms with van der Waals surface area (Å²) >= 11 is 0. The van der Waals surface area contributed by atoms with Crippen LogP contribution in [0.2, 0.25) is 0 Å². The predicted octanol–water partition coefficient (Wildman–Crippen LogP) is 5.80. The fourth-order valence-electron chi connectivity index (χ4n) is 5.99. The first kappa shape index (κ1) is 22.9. The number of fused-ring (bicyclic) bond motifs is 2. The second-order valence-electron chi connectivity index (χ2n) is 9.93. The fourth-order valence-corrected chi connectivity index (χ4v) is 5.99. The summed E-state index contributed by atoms with van der Waals surface area (Å²) in [6.07, 6.45) is 15.5. The monoisotopic (exact) mass is 457 g/mol. The number of benzene rings is 2. The van der Waals surface area contributed by atoms with Crippen molar-refractivity contribution in [2.45, 2.75) is 57.4 Å². The van der Waals surface area contributed by atoms with Crippen LogP contribution in [-0.2, 0) is 17.6 Å². The Bertz CT molecular complexity index is 1160. The van der Waals surface area contributed by atoms with E-state index in [4.69, 9.17) is 5.21 Å². The highest BCUT2D eigenvalue weighted by Gasteiger charge is 2.30. The van der Waals surface area contributed by atoms with Gasteiger partial charge in [0.05, 0.1) is 0 Å². The van der Waals surface area contributed by atoms with E-state index in [1.165, 1.54) is 72.3 Å². The molecule has 5 nitrogen and oxygen atoms in total. The number of aromatic amines is 1. The molecule has 34 heavy (non-hydrogen) atoms. The molecule has 2 aliphatic rings. The van der Waals surface area contributed by atoms with Gasteiger partial charge in [-0.05, 0) is 72.4 Å². The van der Waals surface area contributed by atoms with Crippen LogP contribution in [0.4, 0.5) is 0 Å². The average Bonchev–Trinajstić information content (AvgIpc) is 3.49. The van der Waals surface area contributed by atoms with Crippen LogP contribution in [0, 0.1) is 5.92 Å². The van der Waals surface area contributed by atoms with Crippen LogP contribution in [-0.4, -0.2) is 34.1 Å². The highest BCUT2D eigenvalue weighted by atomic mass is 16.5. The Balaban J connectivity index is 1.35. The summed E-state index contributed by atoms with van der Waals surface area (Å²) in [4.78, 5) is 17.5. The summed E-state index contributed by atoms with van der Waals surface area (Å²) in [5.74, 6) is 0.300. The summed E-state index contributed by atoms with van der Waals surface area (Å²) in [5.41, 5.74) is 8.11. The molecule has 1 saturated carbocycles. The third-order valence-electron chi connectivity index (χ3n) is 7.75. The molecule has 0 radical (unpaired) electrons. The number of carbonyl (C=O) groups is 1. The molecule has 1 amide bonds. The van der Waals surface area contributed by atoms with Crippen molar-refractivity contribution in [1.82, 2.24) is 15.4 Å². The van der Waals surface area contributed by atoms with E-state index in [1.807, 2.05) is 0 Å². The zero-order valence-corrected chi connectivity index (χ0v) is 19.8. The Kier molecular flexibility index (Phi) is 7.12. The van der Waals surface area contributed by atoms with Gasteiger partial charge in [0.25, 0.3) is 5.91 Å². The number of nitrogens with zero attached hydrogens (tertiary/aromatic N) is 1. The maximum atomic E-state index is 11.3. The molecule has 0 aliphatic heterocycles. The summed E-state index contributed by atoms with van der Waals surface area (Å²) in [5, 5.41) is 10.1. The number of aryl methyl sites for hydroxylation is 1. The SMILES string of the molecule is O=C(C=Cc1ccc2c(c1)CCC2N(CCc1c[nH]c2ccccc12)CC1CCCCC1)NO. The van der Waals surface area contributed by atoms with Gasteiger partial charge in [-0.15, -0.1) is 0 Å². The van der Waals surface area contributed by atoms with Gasteiger partial charge in [0.15, 0.2) is 0 Å². The lowest BCUT2D eigenvalue weighted by atomic mass is 9.88. The molecular weight excluding hydrogens is 422 g/mol. The van der Waals surface area contributed by atoms with Gasteiger partial charge in [0.1, 0.15) is 0 Å². The number of nitrogens with one attached hydrogen (secondary N) is 2. The molecule has 0 bridgehead atoms. The number of hydroxylamine groups is 1. The molecule has 1 atom stereocenters. The summed E-state index contributed by atoms with van der Waals surface area (Å²) in [7, 11) is 0. The lowest BCUT2D eigenvalue weighted by molar-refractivity contribution is -0.124. The van der Waals surface area contributed by atoms with E-state index in [2.05, 4.69) is 58.5 Å². The topological polar surface area (TPSA) is 68.4 Å². The van der Waals surface area contributed by atoms with Gasteiger partial charge in [0, 0.05) is 42.3 Å². The van der Waals surface area contributed by atoms with E-state index in [9.17, 15) is 4.79 Å². The zero-order chi connectivity index (χ0) is 23.3. The van der Waals surface area contributed by atoms with Crippen LogP contribution in [0.3, 0.4) is 0 Å². The van der Waals surface area contributed by atoms with Crippen molar-refractivity contribution in [2.75, 3.05) is 13.1 Å². The lowest BCUT2D eigenvalue weighted by Gasteiger charge is -2.34. The smallest absolute Gasteiger partial charge is 0.267 e. The molecule has 2 aliphatic carbocycles. The molecule has 0 saturated heterocycles. The van der Waals surface area contributed by atoms with Gasteiger partial charge in [-0.2, -0.15) is 0 Å². The quantitative estimate of drug-likeness (QED) is 0.228. The Morgan fingerprint density at radius 3 is 2.82 bits per heavy atom. The lowest BCUT2D eigenvalue weighted by Crippen LogP contribution is -2.35. The number of H-pyrrole nitrogens is 1. The number of amides is 1. The molecule has 5 heteroatoms. The maximum absolute atomic E-state index is 11.3. The van der Waals surface area contributed by atoms with Crippen molar-refractivity contribution in [3.63, 3.8) is 0 Å². The molecule has 178 valence electrons. The molecule has 1 heterocycles. The first-order chi connectivity index (χ1) is 16.7. The minimum Gasteiger partial charge on any atom is -0.361 e. The maximum Gasteiger partial charge on any atom is 0.267 e. The number of hydrogen-bond acceptors (Lipinski definition) is 3. The van der Waals surface area contributed by atoms with Crippen LogP contribution >= 0.6 is 0 Å². The standard InChI is InChI=1S/C29H35N3O2/c33-29(31-34)15-11-21-10-13-26-23(18-21)12-14-28(26)32(20-22-6-2-1-3-7-22)17-16-24-19-30-27-9-5-4-8-25(24)27/h4-5,8-11,13,15,18-19,22,28,30,34H,1-3,6-7,12,14,16-17,20H2,(H,31,33). The summed E-state index contributed by atoms with van der Waals surface area (Å²) < 4.78 is 0. The summed E-state index contributed by atoms with van der Waals surface area (Å²) in [6.45, 7) is 2.26. The molecule has 0 spiro atoms. The van der Waals surface area contributed by atoms with Crippen molar-refractivity contribution in [1.29, 1.82) is 0 Å². The van der Waals surface area contributed by atoms with Crippen LogP contribution in [0.5, 0.6) is 0 Å².